The van der Waals surface area contributed by atoms with Crippen LogP contribution in [0.25, 0.3) is 32.9 Å². The van der Waals surface area contributed by atoms with Crippen LogP contribution in [0.1, 0.15) is 79.8 Å². The fraction of sp³-hybridized carbons (Fsp3) is 0.347. The average Bonchev–Trinajstić information content (AvgIpc) is 3.84. The predicted molar refractivity (Wildman–Crippen MR) is 251 cm³/mol. The Hall–Kier alpha value is -5.82. The molecule has 12 nitrogen and oxygen atoms in total. The van der Waals surface area contributed by atoms with Crippen LogP contribution in [-0.4, -0.2) is 86.2 Å². The third-order valence-corrected chi connectivity index (χ3v) is 13.0. The van der Waals surface area contributed by atoms with Crippen LogP contribution in [0.2, 0.25) is 10.0 Å². The molecule has 1 amide bonds. The van der Waals surface area contributed by atoms with Crippen molar-refractivity contribution in [2.75, 3.05) is 45.3 Å². The SMILES string of the molecule is Cc1cccc(Cn2c(C(=O)O)cc3cc(OCCN(C)C)cc(N4CC(C)n5c(c(CCCOc6cc(C)c(Cl)c(C)c6)c6ccc(Cl)c(-c7c(C)nn(C)c7C)c65)C4=O)c32)n1. The lowest BCUT2D eigenvalue weighted by Gasteiger charge is -2.35. The van der Waals surface area contributed by atoms with Gasteiger partial charge in [0.1, 0.15) is 29.5 Å². The van der Waals surface area contributed by atoms with Crippen LogP contribution in [0, 0.1) is 34.6 Å². The van der Waals surface area contributed by atoms with Gasteiger partial charge in [0, 0.05) is 70.6 Å². The summed E-state index contributed by atoms with van der Waals surface area (Å²) in [6, 6.07) is 18.7. The molecular formula is C49H53Cl2N7O5. The van der Waals surface area contributed by atoms with E-state index in [4.69, 9.17) is 42.8 Å². The molecule has 0 aliphatic carbocycles. The molecule has 4 aromatic heterocycles. The molecule has 8 rings (SSSR count). The van der Waals surface area contributed by atoms with Gasteiger partial charge in [0.15, 0.2) is 0 Å². The van der Waals surface area contributed by atoms with Gasteiger partial charge in [-0.3, -0.25) is 14.5 Å². The lowest BCUT2D eigenvalue weighted by atomic mass is 9.98. The number of likely N-dealkylation sites (N-methyl/N-ethyl adjacent to an activating group) is 1. The molecule has 0 saturated carbocycles. The number of ether oxygens (including phenoxy) is 2. The number of amides is 1. The Bertz CT molecular complexity index is 2920. The van der Waals surface area contributed by atoms with Gasteiger partial charge in [-0.15, -0.1) is 0 Å². The van der Waals surface area contributed by atoms with E-state index in [1.807, 2.05) is 120 Å². The monoisotopic (exact) mass is 889 g/mol. The lowest BCUT2D eigenvalue weighted by molar-refractivity contribution is 0.0686. The maximum absolute atomic E-state index is 15.7. The van der Waals surface area contributed by atoms with Crippen LogP contribution < -0.4 is 14.4 Å². The second-order valence-electron chi connectivity index (χ2n) is 17.0. The van der Waals surface area contributed by atoms with E-state index >= 15 is 4.79 Å². The Morgan fingerprint density at radius 2 is 1.63 bits per heavy atom. The van der Waals surface area contributed by atoms with Crippen molar-refractivity contribution in [1.82, 2.24) is 28.8 Å². The van der Waals surface area contributed by atoms with Crippen LogP contribution in [-0.2, 0) is 20.0 Å². The van der Waals surface area contributed by atoms with Gasteiger partial charge in [-0.05, 0) is 128 Å². The highest BCUT2D eigenvalue weighted by Gasteiger charge is 2.38. The highest BCUT2D eigenvalue weighted by molar-refractivity contribution is 6.35. The fourth-order valence-corrected chi connectivity index (χ4v) is 9.48. The van der Waals surface area contributed by atoms with E-state index < -0.39 is 5.97 Å². The lowest BCUT2D eigenvalue weighted by Crippen LogP contribution is -2.43. The number of carboxylic acids is 1. The van der Waals surface area contributed by atoms with E-state index in [0.29, 0.717) is 71.4 Å². The zero-order chi connectivity index (χ0) is 45.0. The number of fused-ring (bicyclic) bond motifs is 4. The highest BCUT2D eigenvalue weighted by Crippen LogP contribution is 2.46. The molecule has 1 unspecified atom stereocenters. The topological polar surface area (TPSA) is 120 Å². The summed E-state index contributed by atoms with van der Waals surface area (Å²) in [7, 11) is 5.87. The average molecular weight is 891 g/mol. The summed E-state index contributed by atoms with van der Waals surface area (Å²) in [6.07, 6.45) is 1.15. The zero-order valence-corrected chi connectivity index (χ0v) is 38.8. The first kappa shape index (κ1) is 43.8. The van der Waals surface area contributed by atoms with Crippen LogP contribution in [0.5, 0.6) is 11.5 Å². The molecule has 5 heterocycles. The molecule has 1 aliphatic rings. The Labute approximate surface area is 377 Å². The van der Waals surface area contributed by atoms with Gasteiger partial charge in [0.2, 0.25) is 0 Å². The van der Waals surface area contributed by atoms with Crippen molar-refractivity contribution in [3.05, 3.63) is 122 Å². The summed E-state index contributed by atoms with van der Waals surface area (Å²) in [5, 5.41) is 18.2. The Balaban J connectivity index is 1.31. The van der Waals surface area contributed by atoms with E-state index in [1.54, 1.807) is 15.5 Å². The van der Waals surface area contributed by atoms with Crippen molar-refractivity contribution in [1.29, 1.82) is 0 Å². The largest absolute Gasteiger partial charge is 0.494 e. The van der Waals surface area contributed by atoms with Crippen LogP contribution in [0.15, 0.2) is 60.7 Å². The van der Waals surface area contributed by atoms with Crippen LogP contribution in [0.4, 0.5) is 5.69 Å². The summed E-state index contributed by atoms with van der Waals surface area (Å²) in [5.41, 5.74) is 10.5. The number of hydrogen-bond donors (Lipinski definition) is 1. The maximum atomic E-state index is 15.7. The number of carboxylic acid groups (broad SMARTS) is 1. The molecule has 3 aromatic carbocycles. The van der Waals surface area contributed by atoms with E-state index in [-0.39, 0.29) is 30.7 Å². The molecule has 63 heavy (non-hydrogen) atoms. The summed E-state index contributed by atoms with van der Waals surface area (Å²) in [4.78, 5) is 37.3. The summed E-state index contributed by atoms with van der Waals surface area (Å²) >= 11 is 13.7. The van der Waals surface area contributed by atoms with E-state index in [2.05, 4.69) is 11.5 Å². The molecule has 0 spiro atoms. The Kier molecular flexibility index (Phi) is 12.1. The highest BCUT2D eigenvalue weighted by atomic mass is 35.5. The van der Waals surface area contributed by atoms with Gasteiger partial charge in [0.05, 0.1) is 46.3 Å². The molecule has 1 N–H and O–H groups in total. The van der Waals surface area contributed by atoms with Crippen molar-refractivity contribution in [3.8, 4) is 22.6 Å². The molecule has 0 bridgehead atoms. The normalized spacial score (nSPS) is 14.1. The Morgan fingerprint density at radius 1 is 0.921 bits per heavy atom. The number of halogens is 2. The zero-order valence-electron chi connectivity index (χ0n) is 37.3. The van der Waals surface area contributed by atoms with Crippen LogP contribution >= 0.6 is 23.2 Å². The summed E-state index contributed by atoms with van der Waals surface area (Å²) in [6.45, 7) is 13.9. The molecule has 1 atom stereocenters. The first-order valence-electron chi connectivity index (χ1n) is 21.2. The van der Waals surface area contributed by atoms with Gasteiger partial charge in [-0.25, -0.2) is 4.79 Å². The third kappa shape index (κ3) is 8.16. The standard InChI is InChI=1S/C49H53Cl2N7O5/c1-27-20-35(21-28(2)44(27)51)62-18-11-14-37-38-15-16-39(50)43(42-31(5)53-55(9)32(42)6)46(38)58-30(4)25-57(48(59)47(37)58)40-24-36(63-19-17-54(7)8)22-33-23-41(49(60)61)56(45(33)40)26-34-13-10-12-29(3)52-34/h10,12-13,15-16,20-24,30H,11,14,17-19,25-26H2,1-9H3,(H,60,61). The number of carbonyl (C=O) groups is 2. The number of carbonyl (C=O) groups excluding carboxylic acids is 1. The number of anilines is 1. The van der Waals surface area contributed by atoms with Gasteiger partial charge >= 0.3 is 5.97 Å². The number of hydrogen-bond acceptors (Lipinski definition) is 7. The van der Waals surface area contributed by atoms with Crippen molar-refractivity contribution in [3.63, 3.8) is 0 Å². The van der Waals surface area contributed by atoms with Gasteiger partial charge in [-0.1, -0.05) is 35.3 Å². The van der Waals surface area contributed by atoms with Crippen molar-refractivity contribution >= 4 is 62.6 Å². The molecular weight excluding hydrogens is 837 g/mol. The minimum absolute atomic E-state index is 0.0832. The minimum atomic E-state index is -1.09. The third-order valence-electron chi connectivity index (χ3n) is 12.1. The van der Waals surface area contributed by atoms with Crippen molar-refractivity contribution < 1.29 is 24.2 Å². The molecule has 1 aliphatic heterocycles. The first-order chi connectivity index (χ1) is 30.0. The van der Waals surface area contributed by atoms with Crippen molar-refractivity contribution in [2.24, 2.45) is 7.05 Å². The first-order valence-corrected chi connectivity index (χ1v) is 22.0. The van der Waals surface area contributed by atoms with Gasteiger partial charge in [0.25, 0.3) is 5.91 Å². The molecule has 0 saturated heterocycles. The van der Waals surface area contributed by atoms with Gasteiger partial charge < -0.3 is 33.5 Å². The minimum Gasteiger partial charge on any atom is -0.494 e. The quantitative estimate of drug-likeness (QED) is 0.107. The molecule has 7 aromatic rings. The number of rotatable bonds is 14. The molecule has 14 heteroatoms. The smallest absolute Gasteiger partial charge is 0.352 e. The fourth-order valence-electron chi connectivity index (χ4n) is 9.13. The number of pyridine rings is 1. The number of nitrogens with zero attached hydrogens (tertiary/aromatic N) is 7. The van der Waals surface area contributed by atoms with Gasteiger partial charge in [-0.2, -0.15) is 5.10 Å². The van der Waals surface area contributed by atoms with E-state index in [9.17, 15) is 9.90 Å². The van der Waals surface area contributed by atoms with Crippen LogP contribution in [0.3, 0.4) is 0 Å². The molecule has 0 radical (unpaired) electrons. The van der Waals surface area contributed by atoms with Crippen molar-refractivity contribution in [2.45, 2.75) is 67.0 Å². The predicted octanol–water partition coefficient (Wildman–Crippen LogP) is 10.2. The second-order valence-corrected chi connectivity index (χ2v) is 17.8. The Morgan fingerprint density at radius 3 is 2.30 bits per heavy atom. The molecule has 0 fully saturated rings. The second kappa shape index (κ2) is 17.4. The number of aryl methyl sites for hydroxylation is 6. The number of aromatic nitrogens is 5. The summed E-state index contributed by atoms with van der Waals surface area (Å²) in [5.74, 6) is -0.0182. The molecule has 328 valence electrons. The van der Waals surface area contributed by atoms with E-state index in [1.165, 1.54) is 0 Å². The number of aromatic carboxylic acids is 1. The van der Waals surface area contributed by atoms with E-state index in [0.717, 1.165) is 66.6 Å². The maximum Gasteiger partial charge on any atom is 0.352 e. The summed E-state index contributed by atoms with van der Waals surface area (Å²) < 4.78 is 18.4. The number of benzene rings is 3.